The number of H-pyrrole nitrogens is 1. The molecule has 0 bridgehead atoms. The van der Waals surface area contributed by atoms with Crippen molar-refractivity contribution in [2.24, 2.45) is 0 Å². The lowest BCUT2D eigenvalue weighted by molar-refractivity contribution is 0.786. The maximum atomic E-state index is 13.0. The Bertz CT molecular complexity index is 902. The quantitative estimate of drug-likeness (QED) is 0.721. The summed E-state index contributed by atoms with van der Waals surface area (Å²) in [5.74, 6) is 0. The zero-order chi connectivity index (χ0) is 17.1. The Balaban J connectivity index is 2.20. The molecule has 1 heterocycles. The van der Waals surface area contributed by atoms with Gasteiger partial charge in [-0.25, -0.2) is 4.68 Å². The number of hydrogen-bond donors (Lipinski definition) is 1. The molecule has 0 fully saturated rings. The van der Waals surface area contributed by atoms with Crippen molar-refractivity contribution in [2.45, 2.75) is 40.0 Å². The smallest absolute Gasteiger partial charge is 0.275 e. The van der Waals surface area contributed by atoms with Crippen molar-refractivity contribution in [2.75, 3.05) is 0 Å². The standard InChI is InChI=1S/C21H24N2O/c1-4-5-12-18-20(17-11-8-9-15(2)14-17)22-23(21(18)24)19-13-7-6-10-16(19)3/h6-11,13-14,22H,4-5,12H2,1-3H3. The Hall–Kier alpha value is -2.55. The van der Waals surface area contributed by atoms with E-state index in [9.17, 15) is 4.79 Å². The minimum absolute atomic E-state index is 0.0641. The number of aromatic amines is 1. The first-order valence-corrected chi connectivity index (χ1v) is 8.58. The van der Waals surface area contributed by atoms with Crippen molar-refractivity contribution >= 4 is 0 Å². The molecular formula is C21H24N2O. The number of unbranched alkanes of at least 4 members (excludes halogenated alkanes) is 1. The van der Waals surface area contributed by atoms with E-state index in [4.69, 9.17) is 0 Å². The lowest BCUT2D eigenvalue weighted by Gasteiger charge is -2.06. The number of nitrogens with zero attached hydrogens (tertiary/aromatic N) is 1. The third kappa shape index (κ3) is 3.07. The van der Waals surface area contributed by atoms with E-state index in [1.165, 1.54) is 5.56 Å². The van der Waals surface area contributed by atoms with Gasteiger partial charge in [0, 0.05) is 11.1 Å². The van der Waals surface area contributed by atoms with Gasteiger partial charge in [-0.05, 0) is 44.4 Å². The number of hydrogen-bond acceptors (Lipinski definition) is 1. The van der Waals surface area contributed by atoms with E-state index in [1.54, 1.807) is 4.68 Å². The Morgan fingerprint density at radius 1 is 1.04 bits per heavy atom. The predicted molar refractivity (Wildman–Crippen MR) is 99.9 cm³/mol. The van der Waals surface area contributed by atoms with E-state index in [0.717, 1.165) is 47.3 Å². The molecule has 0 saturated heterocycles. The van der Waals surface area contributed by atoms with Crippen LogP contribution in [0.2, 0.25) is 0 Å². The number of rotatable bonds is 5. The Kier molecular flexibility index (Phi) is 4.70. The molecule has 2 aromatic carbocycles. The molecule has 0 aliphatic carbocycles. The highest BCUT2D eigenvalue weighted by Crippen LogP contribution is 2.23. The summed E-state index contributed by atoms with van der Waals surface area (Å²) in [5, 5.41) is 3.36. The highest BCUT2D eigenvalue weighted by molar-refractivity contribution is 5.64. The van der Waals surface area contributed by atoms with E-state index in [2.05, 4.69) is 37.1 Å². The summed E-state index contributed by atoms with van der Waals surface area (Å²) in [6.45, 7) is 6.26. The first kappa shape index (κ1) is 16.3. The van der Waals surface area contributed by atoms with Crippen LogP contribution in [0.3, 0.4) is 0 Å². The van der Waals surface area contributed by atoms with Gasteiger partial charge in [-0.15, -0.1) is 0 Å². The van der Waals surface area contributed by atoms with Gasteiger partial charge in [-0.2, -0.15) is 0 Å². The van der Waals surface area contributed by atoms with Crippen LogP contribution in [0.25, 0.3) is 16.9 Å². The molecule has 3 nitrogen and oxygen atoms in total. The van der Waals surface area contributed by atoms with Crippen LogP contribution >= 0.6 is 0 Å². The Morgan fingerprint density at radius 2 is 1.83 bits per heavy atom. The second-order valence-corrected chi connectivity index (χ2v) is 6.37. The fraction of sp³-hybridized carbons (Fsp3) is 0.286. The highest BCUT2D eigenvalue weighted by atomic mass is 16.1. The summed E-state index contributed by atoms with van der Waals surface area (Å²) in [5.41, 5.74) is 6.15. The third-order valence-electron chi connectivity index (χ3n) is 4.43. The first-order chi connectivity index (χ1) is 11.6. The Morgan fingerprint density at radius 3 is 2.54 bits per heavy atom. The summed E-state index contributed by atoms with van der Waals surface area (Å²) < 4.78 is 1.69. The van der Waals surface area contributed by atoms with Crippen LogP contribution in [0.15, 0.2) is 53.3 Å². The van der Waals surface area contributed by atoms with Gasteiger partial charge in [0.2, 0.25) is 0 Å². The minimum Gasteiger partial charge on any atom is -0.290 e. The molecule has 0 radical (unpaired) electrons. The van der Waals surface area contributed by atoms with Crippen LogP contribution in [0.4, 0.5) is 0 Å². The van der Waals surface area contributed by atoms with Crippen molar-refractivity contribution in [3.05, 3.63) is 75.6 Å². The maximum absolute atomic E-state index is 13.0. The number of benzene rings is 2. The molecule has 0 saturated carbocycles. The zero-order valence-electron chi connectivity index (χ0n) is 14.6. The molecule has 0 aliphatic rings. The summed E-state index contributed by atoms with van der Waals surface area (Å²) in [6.07, 6.45) is 2.88. The van der Waals surface area contributed by atoms with Gasteiger partial charge in [0.15, 0.2) is 0 Å². The van der Waals surface area contributed by atoms with Crippen LogP contribution in [-0.4, -0.2) is 9.78 Å². The summed E-state index contributed by atoms with van der Waals surface area (Å²) in [7, 11) is 0. The van der Waals surface area contributed by atoms with Crippen molar-refractivity contribution < 1.29 is 0 Å². The largest absolute Gasteiger partial charge is 0.290 e. The van der Waals surface area contributed by atoms with Gasteiger partial charge in [-0.1, -0.05) is 55.3 Å². The van der Waals surface area contributed by atoms with Gasteiger partial charge < -0.3 is 0 Å². The van der Waals surface area contributed by atoms with Crippen molar-refractivity contribution in [3.8, 4) is 16.9 Å². The van der Waals surface area contributed by atoms with Crippen LogP contribution < -0.4 is 5.56 Å². The zero-order valence-corrected chi connectivity index (χ0v) is 14.6. The predicted octanol–water partition coefficient (Wildman–Crippen LogP) is 4.79. The van der Waals surface area contributed by atoms with Crippen LogP contribution in [0, 0.1) is 13.8 Å². The molecule has 0 spiro atoms. The van der Waals surface area contributed by atoms with Gasteiger partial charge in [0.1, 0.15) is 0 Å². The van der Waals surface area contributed by atoms with E-state index >= 15 is 0 Å². The normalized spacial score (nSPS) is 11.0. The second kappa shape index (κ2) is 6.91. The summed E-state index contributed by atoms with van der Waals surface area (Å²) in [4.78, 5) is 13.0. The van der Waals surface area contributed by atoms with Crippen LogP contribution in [0.1, 0.15) is 36.5 Å². The number of para-hydroxylation sites is 1. The molecule has 3 aromatic rings. The molecule has 0 atom stereocenters. The van der Waals surface area contributed by atoms with Gasteiger partial charge in [0.05, 0.1) is 11.4 Å². The highest BCUT2D eigenvalue weighted by Gasteiger charge is 2.17. The number of nitrogens with one attached hydrogen (secondary N) is 1. The average Bonchev–Trinajstić information content (AvgIpc) is 2.90. The monoisotopic (exact) mass is 320 g/mol. The molecule has 0 aliphatic heterocycles. The van der Waals surface area contributed by atoms with Gasteiger partial charge in [-0.3, -0.25) is 9.89 Å². The fourth-order valence-corrected chi connectivity index (χ4v) is 3.08. The van der Waals surface area contributed by atoms with Crippen molar-refractivity contribution in [1.29, 1.82) is 0 Å². The maximum Gasteiger partial charge on any atom is 0.275 e. The second-order valence-electron chi connectivity index (χ2n) is 6.37. The Labute approximate surface area is 143 Å². The van der Waals surface area contributed by atoms with E-state index in [0.29, 0.717) is 0 Å². The molecule has 0 amide bonds. The molecule has 3 heteroatoms. The molecule has 1 N–H and O–H groups in total. The van der Waals surface area contributed by atoms with Crippen LogP contribution in [0.5, 0.6) is 0 Å². The van der Waals surface area contributed by atoms with E-state index in [-0.39, 0.29) is 5.56 Å². The van der Waals surface area contributed by atoms with Crippen molar-refractivity contribution in [1.82, 2.24) is 9.78 Å². The van der Waals surface area contributed by atoms with Gasteiger partial charge >= 0.3 is 0 Å². The molecular weight excluding hydrogens is 296 g/mol. The van der Waals surface area contributed by atoms with E-state index in [1.807, 2.05) is 37.3 Å². The fourth-order valence-electron chi connectivity index (χ4n) is 3.08. The molecule has 0 unspecified atom stereocenters. The first-order valence-electron chi connectivity index (χ1n) is 8.58. The van der Waals surface area contributed by atoms with Crippen LogP contribution in [-0.2, 0) is 6.42 Å². The van der Waals surface area contributed by atoms with Crippen molar-refractivity contribution in [3.63, 3.8) is 0 Å². The summed E-state index contributed by atoms with van der Waals surface area (Å²) >= 11 is 0. The number of aryl methyl sites for hydroxylation is 2. The molecule has 1 aromatic heterocycles. The average molecular weight is 320 g/mol. The SMILES string of the molecule is CCCCc1c(-c2cccc(C)c2)[nH]n(-c2ccccc2C)c1=O. The molecule has 124 valence electrons. The molecule has 24 heavy (non-hydrogen) atoms. The van der Waals surface area contributed by atoms with Gasteiger partial charge in [0.25, 0.3) is 5.56 Å². The summed E-state index contributed by atoms with van der Waals surface area (Å²) in [6, 6.07) is 16.3. The third-order valence-corrected chi connectivity index (χ3v) is 4.43. The van der Waals surface area contributed by atoms with E-state index < -0.39 is 0 Å². The minimum atomic E-state index is 0.0641. The topological polar surface area (TPSA) is 37.8 Å². The lowest BCUT2D eigenvalue weighted by atomic mass is 10.0. The lowest BCUT2D eigenvalue weighted by Crippen LogP contribution is -2.18. The molecule has 3 rings (SSSR count). The number of aromatic nitrogens is 2.